The molecule has 1 amide bonds. The monoisotopic (exact) mass is 191 g/mol. The third kappa shape index (κ3) is 1.63. The Morgan fingerprint density at radius 3 is 3.07 bits per heavy atom. The van der Waals surface area contributed by atoms with Crippen LogP contribution in [0.3, 0.4) is 0 Å². The van der Waals surface area contributed by atoms with Gasteiger partial charge in [-0.15, -0.1) is 0 Å². The van der Waals surface area contributed by atoms with E-state index in [0.29, 0.717) is 12.8 Å². The number of rotatable bonds is 0. The fraction of sp³-hybridized carbons (Fsp3) is 0.364. The summed E-state index contributed by atoms with van der Waals surface area (Å²) < 4.78 is 0. The van der Waals surface area contributed by atoms with Crippen LogP contribution in [0.4, 0.5) is 5.69 Å². The maximum absolute atomic E-state index is 11.3. The van der Waals surface area contributed by atoms with Gasteiger partial charge in [-0.2, -0.15) is 0 Å². The molecule has 0 radical (unpaired) electrons. The highest BCUT2D eigenvalue weighted by Gasteiger charge is 2.19. The van der Waals surface area contributed by atoms with E-state index in [0.717, 1.165) is 16.8 Å². The predicted octanol–water partition coefficient (Wildman–Crippen LogP) is 1.76. The zero-order chi connectivity index (χ0) is 10.1. The standard InChI is InChI=1S/C11H13NO2/c1-7-2-3-8-9(6-7)12-11(14)5-4-10(8)13/h2-3,6,10,13H,4-5H2,1H3,(H,12,14). The third-order valence-electron chi connectivity index (χ3n) is 2.49. The van der Waals surface area contributed by atoms with Crippen molar-refractivity contribution in [3.63, 3.8) is 0 Å². The molecule has 0 spiro atoms. The minimum absolute atomic E-state index is 0.0200. The van der Waals surface area contributed by atoms with Gasteiger partial charge in [0.1, 0.15) is 0 Å². The number of nitrogens with one attached hydrogen (secondary N) is 1. The molecule has 0 saturated carbocycles. The molecule has 1 aromatic carbocycles. The van der Waals surface area contributed by atoms with E-state index in [1.807, 2.05) is 25.1 Å². The number of benzene rings is 1. The van der Waals surface area contributed by atoms with Crippen LogP contribution in [0.25, 0.3) is 0 Å². The summed E-state index contributed by atoms with van der Waals surface area (Å²) in [5.74, 6) is -0.0200. The molecule has 0 bridgehead atoms. The van der Waals surface area contributed by atoms with Gasteiger partial charge < -0.3 is 10.4 Å². The lowest BCUT2D eigenvalue weighted by Crippen LogP contribution is -2.09. The lowest BCUT2D eigenvalue weighted by molar-refractivity contribution is -0.116. The summed E-state index contributed by atoms with van der Waals surface area (Å²) in [6.07, 6.45) is 0.362. The lowest BCUT2D eigenvalue weighted by atomic mass is 10.0. The van der Waals surface area contributed by atoms with E-state index in [2.05, 4.69) is 5.32 Å². The third-order valence-corrected chi connectivity index (χ3v) is 2.49. The first-order valence-electron chi connectivity index (χ1n) is 4.75. The van der Waals surface area contributed by atoms with Gasteiger partial charge in [-0.3, -0.25) is 4.79 Å². The Labute approximate surface area is 82.8 Å². The van der Waals surface area contributed by atoms with Crippen LogP contribution in [0.5, 0.6) is 0 Å². The van der Waals surface area contributed by atoms with Crippen LogP contribution in [-0.2, 0) is 4.79 Å². The summed E-state index contributed by atoms with van der Waals surface area (Å²) in [6, 6.07) is 5.71. The number of anilines is 1. The van der Waals surface area contributed by atoms with Gasteiger partial charge in [-0.1, -0.05) is 12.1 Å². The Balaban J connectivity index is 2.46. The fourth-order valence-electron chi connectivity index (χ4n) is 1.70. The number of aliphatic hydroxyl groups is 1. The van der Waals surface area contributed by atoms with Crippen molar-refractivity contribution >= 4 is 11.6 Å². The van der Waals surface area contributed by atoms with Crippen molar-refractivity contribution in [3.8, 4) is 0 Å². The Morgan fingerprint density at radius 2 is 2.29 bits per heavy atom. The van der Waals surface area contributed by atoms with Crippen LogP contribution in [0.2, 0.25) is 0 Å². The van der Waals surface area contributed by atoms with Crippen molar-refractivity contribution in [2.75, 3.05) is 5.32 Å². The highest BCUT2D eigenvalue weighted by molar-refractivity contribution is 5.92. The normalized spacial score (nSPS) is 21.0. The zero-order valence-electron chi connectivity index (χ0n) is 8.08. The van der Waals surface area contributed by atoms with Gasteiger partial charge in [0.15, 0.2) is 0 Å². The van der Waals surface area contributed by atoms with Gasteiger partial charge >= 0.3 is 0 Å². The Hall–Kier alpha value is -1.35. The topological polar surface area (TPSA) is 49.3 Å². The first kappa shape index (κ1) is 9.21. The van der Waals surface area contributed by atoms with Crippen molar-refractivity contribution in [1.29, 1.82) is 0 Å². The molecule has 3 nitrogen and oxygen atoms in total. The second kappa shape index (κ2) is 3.42. The molecule has 0 saturated heterocycles. The van der Waals surface area contributed by atoms with Crippen LogP contribution >= 0.6 is 0 Å². The van der Waals surface area contributed by atoms with Crippen molar-refractivity contribution in [3.05, 3.63) is 29.3 Å². The average Bonchev–Trinajstić information content (AvgIpc) is 2.26. The van der Waals surface area contributed by atoms with Crippen LogP contribution in [0.15, 0.2) is 18.2 Å². The predicted molar refractivity (Wildman–Crippen MR) is 54.0 cm³/mol. The Kier molecular flexibility index (Phi) is 2.25. The fourth-order valence-corrected chi connectivity index (χ4v) is 1.70. The van der Waals surface area contributed by atoms with Crippen molar-refractivity contribution in [2.45, 2.75) is 25.9 Å². The van der Waals surface area contributed by atoms with E-state index in [9.17, 15) is 9.90 Å². The SMILES string of the molecule is Cc1ccc2c(c1)NC(=O)CCC2O. The molecule has 1 atom stereocenters. The summed E-state index contributed by atoms with van der Waals surface area (Å²) in [5.41, 5.74) is 2.65. The molecular weight excluding hydrogens is 178 g/mol. The maximum atomic E-state index is 11.3. The van der Waals surface area contributed by atoms with E-state index in [-0.39, 0.29) is 5.91 Å². The number of carbonyl (C=O) groups is 1. The number of amides is 1. The molecule has 1 unspecified atom stereocenters. The van der Waals surface area contributed by atoms with E-state index in [1.54, 1.807) is 0 Å². The molecule has 0 aliphatic carbocycles. The smallest absolute Gasteiger partial charge is 0.224 e. The van der Waals surface area contributed by atoms with Crippen LogP contribution in [-0.4, -0.2) is 11.0 Å². The summed E-state index contributed by atoms with van der Waals surface area (Å²) in [5, 5.41) is 12.6. The van der Waals surface area contributed by atoms with E-state index in [1.165, 1.54) is 0 Å². The van der Waals surface area contributed by atoms with Crippen molar-refractivity contribution in [1.82, 2.24) is 0 Å². The molecule has 2 N–H and O–H groups in total. The number of aliphatic hydroxyl groups excluding tert-OH is 1. The molecule has 1 aliphatic rings. The quantitative estimate of drug-likeness (QED) is 0.656. The molecule has 1 heterocycles. The van der Waals surface area contributed by atoms with Gasteiger partial charge in [0, 0.05) is 17.7 Å². The Bertz CT molecular complexity index is 374. The summed E-state index contributed by atoms with van der Waals surface area (Å²) in [4.78, 5) is 11.3. The summed E-state index contributed by atoms with van der Waals surface area (Å²) in [7, 11) is 0. The first-order chi connectivity index (χ1) is 6.66. The number of hydrogen-bond donors (Lipinski definition) is 2. The maximum Gasteiger partial charge on any atom is 0.224 e. The lowest BCUT2D eigenvalue weighted by Gasteiger charge is -2.11. The number of aryl methyl sites for hydroxylation is 1. The van der Waals surface area contributed by atoms with Crippen LogP contribution in [0, 0.1) is 6.92 Å². The molecule has 1 aliphatic heterocycles. The zero-order valence-corrected chi connectivity index (χ0v) is 8.08. The highest BCUT2D eigenvalue weighted by Crippen LogP contribution is 2.30. The summed E-state index contributed by atoms with van der Waals surface area (Å²) in [6.45, 7) is 1.96. The molecule has 14 heavy (non-hydrogen) atoms. The van der Waals surface area contributed by atoms with Crippen LogP contribution < -0.4 is 5.32 Å². The molecule has 0 aromatic heterocycles. The van der Waals surface area contributed by atoms with E-state index < -0.39 is 6.10 Å². The van der Waals surface area contributed by atoms with Gasteiger partial charge in [-0.25, -0.2) is 0 Å². The van der Waals surface area contributed by atoms with Gasteiger partial charge in [0.05, 0.1) is 6.10 Å². The largest absolute Gasteiger partial charge is 0.388 e. The van der Waals surface area contributed by atoms with E-state index in [4.69, 9.17) is 0 Å². The molecule has 3 heteroatoms. The molecule has 74 valence electrons. The first-order valence-corrected chi connectivity index (χ1v) is 4.75. The van der Waals surface area contributed by atoms with Crippen molar-refractivity contribution in [2.24, 2.45) is 0 Å². The minimum Gasteiger partial charge on any atom is -0.388 e. The molecular formula is C11H13NO2. The number of hydrogen-bond acceptors (Lipinski definition) is 2. The number of carbonyl (C=O) groups excluding carboxylic acids is 1. The summed E-state index contributed by atoms with van der Waals surface area (Å²) >= 11 is 0. The van der Waals surface area contributed by atoms with Gasteiger partial charge in [0.2, 0.25) is 5.91 Å². The van der Waals surface area contributed by atoms with Gasteiger partial charge in [0.25, 0.3) is 0 Å². The van der Waals surface area contributed by atoms with E-state index >= 15 is 0 Å². The Morgan fingerprint density at radius 1 is 1.50 bits per heavy atom. The highest BCUT2D eigenvalue weighted by atomic mass is 16.3. The minimum atomic E-state index is -0.524. The van der Waals surface area contributed by atoms with Crippen molar-refractivity contribution < 1.29 is 9.90 Å². The average molecular weight is 191 g/mol. The number of fused-ring (bicyclic) bond motifs is 1. The van der Waals surface area contributed by atoms with Crippen LogP contribution in [0.1, 0.15) is 30.1 Å². The second-order valence-corrected chi connectivity index (χ2v) is 3.69. The molecule has 0 fully saturated rings. The van der Waals surface area contributed by atoms with Gasteiger partial charge in [-0.05, 0) is 25.0 Å². The molecule has 1 aromatic rings. The second-order valence-electron chi connectivity index (χ2n) is 3.69. The molecule has 2 rings (SSSR count).